The van der Waals surface area contributed by atoms with Gasteiger partial charge in [0, 0.05) is 18.6 Å². The smallest absolute Gasteiger partial charge is 0.191 e. The largest absolute Gasteiger partial charge is 0.357 e. The van der Waals surface area contributed by atoms with Gasteiger partial charge in [-0.15, -0.1) is 24.0 Å². The Kier molecular flexibility index (Phi) is 11.5. The van der Waals surface area contributed by atoms with E-state index in [1.807, 2.05) is 0 Å². The second-order valence-corrected chi connectivity index (χ2v) is 6.23. The molecule has 1 fully saturated rings. The molecule has 0 aromatic rings. The number of likely N-dealkylation sites (tertiary alicyclic amines) is 1. The second kappa shape index (κ2) is 11.5. The Morgan fingerprint density at radius 1 is 1.14 bits per heavy atom. The van der Waals surface area contributed by atoms with Crippen molar-refractivity contribution in [3.05, 3.63) is 0 Å². The molecule has 1 heterocycles. The van der Waals surface area contributed by atoms with Gasteiger partial charge in [-0.25, -0.2) is 0 Å². The summed E-state index contributed by atoms with van der Waals surface area (Å²) in [7, 11) is 0. The first-order valence-electron chi connectivity index (χ1n) is 8.37. The number of rotatable bonds is 7. The molecule has 0 saturated carbocycles. The van der Waals surface area contributed by atoms with E-state index in [0.29, 0.717) is 18.0 Å². The van der Waals surface area contributed by atoms with E-state index in [0.717, 1.165) is 25.5 Å². The van der Waals surface area contributed by atoms with Gasteiger partial charge in [-0.2, -0.15) is 0 Å². The Hall–Kier alpha value is -0.0400. The summed E-state index contributed by atoms with van der Waals surface area (Å²) in [6.45, 7) is 15.4. The highest BCUT2D eigenvalue weighted by atomic mass is 127. The van der Waals surface area contributed by atoms with E-state index in [9.17, 15) is 0 Å². The third kappa shape index (κ3) is 7.68. The Morgan fingerprint density at radius 3 is 2.24 bits per heavy atom. The van der Waals surface area contributed by atoms with Gasteiger partial charge in [0.2, 0.25) is 0 Å². The van der Waals surface area contributed by atoms with Crippen molar-refractivity contribution in [2.45, 2.75) is 66.0 Å². The molecule has 4 nitrogen and oxygen atoms in total. The van der Waals surface area contributed by atoms with Crippen molar-refractivity contribution >= 4 is 29.9 Å². The first-order chi connectivity index (χ1) is 9.58. The number of aliphatic imine (C=N–C) groups is 1. The number of halogens is 1. The molecule has 5 heteroatoms. The Labute approximate surface area is 148 Å². The molecule has 1 saturated heterocycles. The molecular weight excluding hydrogens is 375 g/mol. The fourth-order valence-corrected chi connectivity index (χ4v) is 2.66. The number of hydrogen-bond donors (Lipinski definition) is 2. The highest BCUT2D eigenvalue weighted by Crippen LogP contribution is 2.17. The minimum atomic E-state index is 0. The standard InChI is InChI=1S/C16H34N4.HI/c1-6-14(5)19-16(17-7-2)18-12-15(13(3)4)20-10-8-9-11-20;/h13-15H,6-12H2,1-5H3,(H2,17,18,19);1H. The molecule has 126 valence electrons. The van der Waals surface area contributed by atoms with Gasteiger partial charge in [-0.3, -0.25) is 9.89 Å². The summed E-state index contributed by atoms with van der Waals surface area (Å²) in [6, 6.07) is 1.04. The molecule has 2 unspecified atom stereocenters. The van der Waals surface area contributed by atoms with Gasteiger partial charge in [0.05, 0.1) is 6.54 Å². The first kappa shape index (κ1) is 21.0. The lowest BCUT2D eigenvalue weighted by atomic mass is 10.0. The summed E-state index contributed by atoms with van der Waals surface area (Å²) in [5.74, 6) is 1.62. The molecule has 1 rings (SSSR count). The van der Waals surface area contributed by atoms with Crippen LogP contribution in [-0.2, 0) is 0 Å². The van der Waals surface area contributed by atoms with Crippen LogP contribution in [0.4, 0.5) is 0 Å². The SMILES string of the molecule is CCNC(=NCC(C(C)C)N1CCCC1)NC(C)CC.I. The van der Waals surface area contributed by atoms with Crippen molar-refractivity contribution in [1.29, 1.82) is 0 Å². The van der Waals surface area contributed by atoms with E-state index < -0.39 is 0 Å². The summed E-state index contributed by atoms with van der Waals surface area (Å²) >= 11 is 0. The van der Waals surface area contributed by atoms with Gasteiger partial charge in [-0.1, -0.05) is 20.8 Å². The third-order valence-electron chi connectivity index (χ3n) is 4.16. The lowest BCUT2D eigenvalue weighted by Crippen LogP contribution is -2.44. The zero-order valence-electron chi connectivity index (χ0n) is 14.5. The highest BCUT2D eigenvalue weighted by Gasteiger charge is 2.24. The van der Waals surface area contributed by atoms with Gasteiger partial charge in [-0.05, 0) is 52.1 Å². The molecule has 0 radical (unpaired) electrons. The fourth-order valence-electron chi connectivity index (χ4n) is 2.66. The van der Waals surface area contributed by atoms with Gasteiger partial charge in [0.25, 0.3) is 0 Å². The van der Waals surface area contributed by atoms with Gasteiger partial charge >= 0.3 is 0 Å². The van der Waals surface area contributed by atoms with Crippen molar-refractivity contribution in [1.82, 2.24) is 15.5 Å². The minimum Gasteiger partial charge on any atom is -0.357 e. The summed E-state index contributed by atoms with van der Waals surface area (Å²) in [5.41, 5.74) is 0. The average molecular weight is 410 g/mol. The number of guanidine groups is 1. The quantitative estimate of drug-likeness (QED) is 0.385. The van der Waals surface area contributed by atoms with Crippen LogP contribution in [0.15, 0.2) is 4.99 Å². The topological polar surface area (TPSA) is 39.7 Å². The van der Waals surface area contributed by atoms with Crippen molar-refractivity contribution in [3.63, 3.8) is 0 Å². The molecule has 2 N–H and O–H groups in total. The molecule has 0 amide bonds. The van der Waals surface area contributed by atoms with Crippen LogP contribution >= 0.6 is 24.0 Å². The molecule has 21 heavy (non-hydrogen) atoms. The molecule has 0 aromatic carbocycles. The summed E-state index contributed by atoms with van der Waals surface area (Å²) in [4.78, 5) is 7.43. The molecule has 0 aromatic heterocycles. The van der Waals surface area contributed by atoms with Crippen LogP contribution in [0.2, 0.25) is 0 Å². The number of nitrogens with one attached hydrogen (secondary N) is 2. The van der Waals surface area contributed by atoms with Crippen molar-refractivity contribution < 1.29 is 0 Å². The first-order valence-corrected chi connectivity index (χ1v) is 8.37. The van der Waals surface area contributed by atoms with Gasteiger partial charge < -0.3 is 10.6 Å². The van der Waals surface area contributed by atoms with Crippen LogP contribution < -0.4 is 10.6 Å². The van der Waals surface area contributed by atoms with E-state index >= 15 is 0 Å². The molecule has 1 aliphatic rings. The zero-order valence-corrected chi connectivity index (χ0v) is 16.8. The predicted molar refractivity (Wildman–Crippen MR) is 104 cm³/mol. The van der Waals surface area contributed by atoms with Crippen LogP contribution in [0, 0.1) is 5.92 Å². The van der Waals surface area contributed by atoms with Gasteiger partial charge in [0.1, 0.15) is 0 Å². The number of hydrogen-bond acceptors (Lipinski definition) is 2. The van der Waals surface area contributed by atoms with Crippen LogP contribution in [0.5, 0.6) is 0 Å². The Balaban J connectivity index is 0.00000400. The second-order valence-electron chi connectivity index (χ2n) is 6.23. The van der Waals surface area contributed by atoms with Crippen molar-refractivity contribution in [2.24, 2.45) is 10.9 Å². The Bertz CT molecular complexity index is 288. The van der Waals surface area contributed by atoms with Crippen LogP contribution in [0.3, 0.4) is 0 Å². The normalized spacial score (nSPS) is 19.2. The zero-order chi connectivity index (χ0) is 15.0. The highest BCUT2D eigenvalue weighted by molar-refractivity contribution is 14.0. The van der Waals surface area contributed by atoms with Crippen molar-refractivity contribution in [2.75, 3.05) is 26.2 Å². The molecular formula is C16H35IN4. The molecule has 2 atom stereocenters. The van der Waals surface area contributed by atoms with E-state index in [4.69, 9.17) is 4.99 Å². The summed E-state index contributed by atoms with van der Waals surface area (Å²) in [5, 5.41) is 6.83. The van der Waals surface area contributed by atoms with Gasteiger partial charge in [0.15, 0.2) is 5.96 Å². The monoisotopic (exact) mass is 410 g/mol. The molecule has 0 aliphatic carbocycles. The van der Waals surface area contributed by atoms with Crippen LogP contribution in [-0.4, -0.2) is 49.1 Å². The predicted octanol–water partition coefficient (Wildman–Crippen LogP) is 3.08. The van der Waals surface area contributed by atoms with E-state index in [1.54, 1.807) is 0 Å². The minimum absolute atomic E-state index is 0. The van der Waals surface area contributed by atoms with Crippen molar-refractivity contribution in [3.8, 4) is 0 Å². The van der Waals surface area contributed by atoms with Crippen LogP contribution in [0.25, 0.3) is 0 Å². The number of nitrogens with zero attached hydrogens (tertiary/aromatic N) is 2. The maximum Gasteiger partial charge on any atom is 0.191 e. The van der Waals surface area contributed by atoms with E-state index in [-0.39, 0.29) is 24.0 Å². The lowest BCUT2D eigenvalue weighted by Gasteiger charge is -2.30. The van der Waals surface area contributed by atoms with Crippen LogP contribution in [0.1, 0.15) is 53.9 Å². The maximum atomic E-state index is 4.82. The Morgan fingerprint density at radius 2 is 1.76 bits per heavy atom. The summed E-state index contributed by atoms with van der Waals surface area (Å²) in [6.07, 6.45) is 3.81. The average Bonchev–Trinajstić information content (AvgIpc) is 2.92. The molecule has 1 aliphatic heterocycles. The lowest BCUT2D eigenvalue weighted by molar-refractivity contribution is 0.197. The molecule has 0 bridgehead atoms. The summed E-state index contributed by atoms with van der Waals surface area (Å²) < 4.78 is 0. The fraction of sp³-hybridized carbons (Fsp3) is 0.938. The van der Waals surface area contributed by atoms with E-state index in [1.165, 1.54) is 25.9 Å². The third-order valence-corrected chi connectivity index (χ3v) is 4.16. The maximum absolute atomic E-state index is 4.82. The van der Waals surface area contributed by atoms with E-state index in [2.05, 4.69) is 50.2 Å². The molecule has 0 spiro atoms.